The van der Waals surface area contributed by atoms with Crippen LogP contribution in [0.15, 0.2) is 18.2 Å². The Bertz CT molecular complexity index is 502. The van der Waals surface area contributed by atoms with Crippen LogP contribution in [0.2, 0.25) is 0 Å². The van der Waals surface area contributed by atoms with Crippen molar-refractivity contribution in [3.8, 4) is 0 Å². The van der Waals surface area contributed by atoms with Crippen molar-refractivity contribution in [2.75, 3.05) is 36.5 Å². The molecule has 0 saturated heterocycles. The number of carbonyl (C=O) groups is 1. The van der Waals surface area contributed by atoms with E-state index in [0.29, 0.717) is 19.5 Å². The van der Waals surface area contributed by atoms with Crippen molar-refractivity contribution in [2.24, 2.45) is 5.73 Å². The van der Waals surface area contributed by atoms with Crippen molar-refractivity contribution in [1.82, 2.24) is 0 Å². The maximum absolute atomic E-state index is 13.4. The van der Waals surface area contributed by atoms with E-state index in [9.17, 15) is 9.18 Å². The summed E-state index contributed by atoms with van der Waals surface area (Å²) in [6.45, 7) is 2.11. The summed E-state index contributed by atoms with van der Waals surface area (Å²) >= 11 is 0. The number of amides is 1. The summed E-state index contributed by atoms with van der Waals surface area (Å²) in [6.07, 6.45) is 4.57. The zero-order valence-corrected chi connectivity index (χ0v) is 15.1. The van der Waals surface area contributed by atoms with Crippen LogP contribution in [-0.4, -0.2) is 32.6 Å². The van der Waals surface area contributed by atoms with Crippen molar-refractivity contribution in [3.05, 3.63) is 24.0 Å². The molecule has 0 spiro atoms. The van der Waals surface area contributed by atoms with E-state index in [4.69, 9.17) is 5.73 Å². The second-order valence-corrected chi connectivity index (χ2v) is 5.55. The molecule has 2 rings (SSSR count). The van der Waals surface area contributed by atoms with Gasteiger partial charge in [0.2, 0.25) is 5.91 Å². The largest absolute Gasteiger partial charge is 0.371 e. The fourth-order valence-electron chi connectivity index (χ4n) is 2.69. The third-order valence-corrected chi connectivity index (χ3v) is 3.94. The molecule has 1 aliphatic rings. The highest BCUT2D eigenvalue weighted by Crippen LogP contribution is 2.33. The molecule has 132 valence electrons. The zero-order valence-electron chi connectivity index (χ0n) is 13.5. The summed E-state index contributed by atoms with van der Waals surface area (Å²) in [5.41, 5.74) is 7.06. The third kappa shape index (κ3) is 5.83. The standard InChI is InChI=1S/C16H24FN3O.2ClH/c1-19-10-11-20(14-8-7-13(17)12-15(14)19)16(21)6-4-2-3-5-9-18;;/h7-8,12H,2-6,9-11,18H2,1H3;2*1H. The first-order valence-corrected chi connectivity index (χ1v) is 7.64. The molecule has 1 heterocycles. The molecular weight excluding hydrogens is 340 g/mol. The quantitative estimate of drug-likeness (QED) is 0.786. The zero-order chi connectivity index (χ0) is 15.2. The fraction of sp³-hybridized carbons (Fsp3) is 0.562. The summed E-state index contributed by atoms with van der Waals surface area (Å²) in [6, 6.07) is 4.61. The highest BCUT2D eigenvalue weighted by molar-refractivity contribution is 5.97. The average Bonchev–Trinajstić information content (AvgIpc) is 2.48. The Hall–Kier alpha value is -1.04. The van der Waals surface area contributed by atoms with E-state index in [1.54, 1.807) is 11.0 Å². The number of anilines is 2. The van der Waals surface area contributed by atoms with Gasteiger partial charge in [0.1, 0.15) is 5.82 Å². The van der Waals surface area contributed by atoms with Crippen LogP contribution in [0.3, 0.4) is 0 Å². The van der Waals surface area contributed by atoms with Gasteiger partial charge in [-0.05, 0) is 37.6 Å². The molecule has 7 heteroatoms. The Labute approximate surface area is 150 Å². The van der Waals surface area contributed by atoms with Gasteiger partial charge in [0.15, 0.2) is 0 Å². The van der Waals surface area contributed by atoms with Gasteiger partial charge >= 0.3 is 0 Å². The van der Waals surface area contributed by atoms with E-state index in [2.05, 4.69) is 0 Å². The molecule has 0 fully saturated rings. The minimum atomic E-state index is -0.267. The number of fused-ring (bicyclic) bond motifs is 1. The number of benzene rings is 1. The summed E-state index contributed by atoms with van der Waals surface area (Å²) in [4.78, 5) is 16.2. The Kier molecular flexibility index (Phi) is 10.2. The second-order valence-electron chi connectivity index (χ2n) is 5.55. The van der Waals surface area contributed by atoms with Crippen LogP contribution in [0.1, 0.15) is 32.1 Å². The third-order valence-electron chi connectivity index (χ3n) is 3.94. The number of nitrogens with zero attached hydrogens (tertiary/aromatic N) is 2. The van der Waals surface area contributed by atoms with Gasteiger partial charge in [0, 0.05) is 26.6 Å². The van der Waals surface area contributed by atoms with Gasteiger partial charge < -0.3 is 15.5 Å². The number of nitrogens with two attached hydrogens (primary N) is 1. The minimum Gasteiger partial charge on any atom is -0.371 e. The molecule has 1 aliphatic heterocycles. The number of hydrogen-bond donors (Lipinski definition) is 1. The van der Waals surface area contributed by atoms with Crippen molar-refractivity contribution >= 4 is 42.1 Å². The predicted molar refractivity (Wildman–Crippen MR) is 98.7 cm³/mol. The van der Waals surface area contributed by atoms with E-state index in [-0.39, 0.29) is 36.5 Å². The van der Waals surface area contributed by atoms with Gasteiger partial charge in [0.05, 0.1) is 11.4 Å². The lowest BCUT2D eigenvalue weighted by Gasteiger charge is -2.35. The van der Waals surface area contributed by atoms with Gasteiger partial charge in [0.25, 0.3) is 0 Å². The Morgan fingerprint density at radius 3 is 2.52 bits per heavy atom. The van der Waals surface area contributed by atoms with Crippen LogP contribution >= 0.6 is 24.8 Å². The topological polar surface area (TPSA) is 49.6 Å². The van der Waals surface area contributed by atoms with Gasteiger partial charge in [-0.1, -0.05) is 12.8 Å². The van der Waals surface area contributed by atoms with Crippen molar-refractivity contribution in [1.29, 1.82) is 0 Å². The molecule has 1 aromatic rings. The Morgan fingerprint density at radius 1 is 1.13 bits per heavy atom. The fourth-order valence-corrected chi connectivity index (χ4v) is 2.69. The molecule has 0 aliphatic carbocycles. The van der Waals surface area contributed by atoms with Crippen LogP contribution in [0.5, 0.6) is 0 Å². The molecule has 2 N–H and O–H groups in total. The van der Waals surface area contributed by atoms with Crippen molar-refractivity contribution in [3.63, 3.8) is 0 Å². The number of likely N-dealkylation sites (N-methyl/N-ethyl adjacent to an activating group) is 1. The lowest BCUT2D eigenvalue weighted by molar-refractivity contribution is -0.118. The average molecular weight is 366 g/mol. The van der Waals surface area contributed by atoms with Crippen LogP contribution in [0, 0.1) is 5.82 Å². The number of unbranched alkanes of at least 4 members (excludes halogenated alkanes) is 3. The molecule has 1 amide bonds. The van der Waals surface area contributed by atoms with Crippen LogP contribution in [-0.2, 0) is 4.79 Å². The number of halogens is 3. The van der Waals surface area contributed by atoms with Crippen LogP contribution < -0.4 is 15.5 Å². The van der Waals surface area contributed by atoms with E-state index < -0.39 is 0 Å². The summed E-state index contributed by atoms with van der Waals surface area (Å²) in [5, 5.41) is 0. The van der Waals surface area contributed by atoms with E-state index >= 15 is 0 Å². The van der Waals surface area contributed by atoms with Gasteiger partial charge in [-0.2, -0.15) is 0 Å². The minimum absolute atomic E-state index is 0. The lowest BCUT2D eigenvalue weighted by Crippen LogP contribution is -2.42. The SMILES string of the molecule is CN1CCN(C(=O)CCCCCCN)c2ccc(F)cc21.Cl.Cl. The molecule has 0 aromatic heterocycles. The van der Waals surface area contributed by atoms with Crippen molar-refractivity contribution in [2.45, 2.75) is 32.1 Å². The molecule has 0 bridgehead atoms. The molecular formula is C16H26Cl2FN3O. The van der Waals surface area contributed by atoms with E-state index in [1.165, 1.54) is 12.1 Å². The number of carbonyl (C=O) groups excluding carboxylic acids is 1. The first-order valence-electron chi connectivity index (χ1n) is 7.64. The van der Waals surface area contributed by atoms with E-state index in [1.807, 2.05) is 11.9 Å². The lowest BCUT2D eigenvalue weighted by atomic mass is 10.1. The number of hydrogen-bond acceptors (Lipinski definition) is 3. The number of rotatable bonds is 6. The predicted octanol–water partition coefficient (Wildman–Crippen LogP) is 3.36. The van der Waals surface area contributed by atoms with Gasteiger partial charge in [-0.25, -0.2) is 4.39 Å². The monoisotopic (exact) mass is 365 g/mol. The normalized spacial score (nSPS) is 13.0. The summed E-state index contributed by atoms with van der Waals surface area (Å²) in [7, 11) is 1.92. The van der Waals surface area contributed by atoms with Crippen molar-refractivity contribution < 1.29 is 9.18 Å². The van der Waals surface area contributed by atoms with E-state index in [0.717, 1.165) is 43.6 Å². The Balaban J connectivity index is 0.00000242. The highest BCUT2D eigenvalue weighted by Gasteiger charge is 2.24. The summed E-state index contributed by atoms with van der Waals surface area (Å²) < 4.78 is 13.4. The molecule has 0 radical (unpaired) electrons. The Morgan fingerprint density at radius 2 is 1.83 bits per heavy atom. The molecule has 0 saturated carbocycles. The first-order chi connectivity index (χ1) is 10.1. The first kappa shape index (κ1) is 22.0. The van der Waals surface area contributed by atoms with Crippen LogP contribution in [0.4, 0.5) is 15.8 Å². The molecule has 1 aromatic carbocycles. The molecule has 4 nitrogen and oxygen atoms in total. The molecule has 23 heavy (non-hydrogen) atoms. The maximum Gasteiger partial charge on any atom is 0.227 e. The highest BCUT2D eigenvalue weighted by atomic mass is 35.5. The smallest absolute Gasteiger partial charge is 0.227 e. The maximum atomic E-state index is 13.4. The van der Waals surface area contributed by atoms with Crippen LogP contribution in [0.25, 0.3) is 0 Å². The molecule has 0 atom stereocenters. The molecule has 0 unspecified atom stereocenters. The second kappa shape index (κ2) is 10.7. The van der Waals surface area contributed by atoms with Gasteiger partial charge in [-0.3, -0.25) is 4.79 Å². The summed E-state index contributed by atoms with van der Waals surface area (Å²) in [5.74, 6) is -0.139. The van der Waals surface area contributed by atoms with Gasteiger partial charge in [-0.15, -0.1) is 24.8 Å².